The van der Waals surface area contributed by atoms with Gasteiger partial charge in [0.25, 0.3) is 0 Å². The summed E-state index contributed by atoms with van der Waals surface area (Å²) in [5.74, 6) is 0. The molecule has 0 radical (unpaired) electrons. The Balaban J connectivity index is 1.86. The number of nitrogens with one attached hydrogen (secondary N) is 1. The van der Waals surface area contributed by atoms with Crippen molar-refractivity contribution in [2.75, 3.05) is 0 Å². The molecule has 116 valence electrons. The van der Waals surface area contributed by atoms with E-state index in [0.717, 1.165) is 16.7 Å². The summed E-state index contributed by atoms with van der Waals surface area (Å²) in [5, 5.41) is 12.4. The quantitative estimate of drug-likeness (QED) is 0.781. The van der Waals surface area contributed by atoms with Crippen LogP contribution < -0.4 is 4.72 Å². The van der Waals surface area contributed by atoms with Crippen molar-refractivity contribution in [2.24, 2.45) is 0 Å². The van der Waals surface area contributed by atoms with Gasteiger partial charge in [0.1, 0.15) is 11.3 Å². The number of sulfonamides is 1. The van der Waals surface area contributed by atoms with Crippen LogP contribution in [-0.4, -0.2) is 28.2 Å². The van der Waals surface area contributed by atoms with Crippen LogP contribution in [0, 0.1) is 20.8 Å². The minimum Gasteiger partial charge on any atom is -0.207 e. The van der Waals surface area contributed by atoms with E-state index < -0.39 is 10.0 Å². The number of aryl methyl sites for hydroxylation is 3. The number of fused-ring (bicyclic) bond motifs is 1. The molecule has 0 aliphatic heterocycles. The summed E-state index contributed by atoms with van der Waals surface area (Å²) in [6.45, 7) is 5.68. The summed E-state index contributed by atoms with van der Waals surface area (Å²) in [4.78, 5) is 0.970. The zero-order valence-corrected chi connectivity index (χ0v) is 14.0. The van der Waals surface area contributed by atoms with Crippen molar-refractivity contribution >= 4 is 26.3 Å². The third kappa shape index (κ3) is 2.74. The molecule has 0 atom stereocenters. The number of benzene rings is 1. The van der Waals surface area contributed by atoms with Crippen LogP contribution in [0.1, 0.15) is 21.7 Å². The molecule has 0 spiro atoms. The highest BCUT2D eigenvalue weighted by Crippen LogP contribution is 2.22. The highest BCUT2D eigenvalue weighted by Gasteiger charge is 2.20. The summed E-state index contributed by atoms with van der Waals surface area (Å²) in [6, 6.07) is 3.73. The molecular weight excluding hydrogens is 322 g/mol. The third-order valence-electron chi connectivity index (χ3n) is 3.22. The fraction of sp³-hybridized carbons (Fsp3) is 0.308. The summed E-state index contributed by atoms with van der Waals surface area (Å²) >= 11 is 1.30. The van der Waals surface area contributed by atoms with Crippen LogP contribution in [0.5, 0.6) is 0 Å². The first-order valence-corrected chi connectivity index (χ1v) is 8.90. The second-order valence-corrected chi connectivity index (χ2v) is 7.85. The minimum atomic E-state index is -3.59. The Morgan fingerprint density at radius 3 is 2.55 bits per heavy atom. The molecule has 3 rings (SSSR count). The maximum absolute atomic E-state index is 12.5. The molecular formula is C13H15N5O2S2. The minimum absolute atomic E-state index is 0.128. The number of aromatic nitrogens is 4. The van der Waals surface area contributed by atoms with E-state index in [1.807, 2.05) is 19.1 Å². The lowest BCUT2D eigenvalue weighted by molar-refractivity contribution is 0.579. The molecule has 2 heterocycles. The van der Waals surface area contributed by atoms with Crippen molar-refractivity contribution in [1.29, 1.82) is 0 Å². The Kier molecular flexibility index (Phi) is 3.71. The van der Waals surface area contributed by atoms with Gasteiger partial charge in [-0.1, -0.05) is 29.0 Å². The molecule has 3 aromatic rings. The van der Waals surface area contributed by atoms with Gasteiger partial charge in [0.2, 0.25) is 15.0 Å². The zero-order valence-electron chi connectivity index (χ0n) is 12.4. The van der Waals surface area contributed by atoms with Crippen molar-refractivity contribution < 1.29 is 8.42 Å². The van der Waals surface area contributed by atoms with Crippen molar-refractivity contribution in [1.82, 2.24) is 24.5 Å². The number of rotatable bonds is 4. The van der Waals surface area contributed by atoms with E-state index in [0.29, 0.717) is 14.9 Å². The maximum atomic E-state index is 12.5. The lowest BCUT2D eigenvalue weighted by Crippen LogP contribution is -2.25. The first-order chi connectivity index (χ1) is 10.4. The molecule has 22 heavy (non-hydrogen) atoms. The van der Waals surface area contributed by atoms with Crippen LogP contribution in [0.25, 0.3) is 4.96 Å². The first kappa shape index (κ1) is 15.1. The van der Waals surface area contributed by atoms with Crippen LogP contribution in [0.3, 0.4) is 0 Å². The maximum Gasteiger partial charge on any atom is 0.241 e. The van der Waals surface area contributed by atoms with Gasteiger partial charge < -0.3 is 0 Å². The topological polar surface area (TPSA) is 89.2 Å². The molecule has 1 N–H and O–H groups in total. The summed E-state index contributed by atoms with van der Waals surface area (Å²) in [5.41, 5.74) is 2.52. The fourth-order valence-corrected chi connectivity index (χ4v) is 4.77. The summed E-state index contributed by atoms with van der Waals surface area (Å²) in [6.07, 6.45) is 1.48. The number of hydrogen-bond acceptors (Lipinski definition) is 6. The van der Waals surface area contributed by atoms with Gasteiger partial charge >= 0.3 is 0 Å². The number of nitrogens with zero attached hydrogens (tertiary/aromatic N) is 4. The number of hydrogen-bond donors (Lipinski definition) is 1. The second kappa shape index (κ2) is 5.41. The van der Waals surface area contributed by atoms with Gasteiger partial charge in [0.05, 0.1) is 11.4 Å². The highest BCUT2D eigenvalue weighted by atomic mass is 32.2. The SMILES string of the molecule is Cc1cc(C)c(S(=O)(=O)NCc2nn3cnnc3s2)c(C)c1. The Morgan fingerprint density at radius 2 is 1.91 bits per heavy atom. The third-order valence-corrected chi connectivity index (χ3v) is 5.83. The summed E-state index contributed by atoms with van der Waals surface area (Å²) in [7, 11) is -3.59. The standard InChI is InChI=1S/C13H15N5O2S2/c1-8-4-9(2)12(10(3)5-8)22(19,20)15-6-11-17-18-7-14-16-13(18)21-11/h4-5,7,15H,6H2,1-3H3. The Bertz CT molecular complexity index is 891. The molecule has 2 aromatic heterocycles. The van der Waals surface area contributed by atoms with Crippen molar-refractivity contribution in [3.05, 3.63) is 40.2 Å². The van der Waals surface area contributed by atoms with E-state index >= 15 is 0 Å². The Hall–Kier alpha value is -1.84. The molecule has 0 aliphatic carbocycles. The average molecular weight is 337 g/mol. The fourth-order valence-electron chi connectivity index (χ4n) is 2.49. The molecule has 7 nitrogen and oxygen atoms in total. The molecule has 1 aromatic carbocycles. The largest absolute Gasteiger partial charge is 0.241 e. The van der Waals surface area contributed by atoms with E-state index in [4.69, 9.17) is 0 Å². The van der Waals surface area contributed by atoms with Crippen LogP contribution in [-0.2, 0) is 16.6 Å². The van der Waals surface area contributed by atoms with Crippen molar-refractivity contribution in [2.45, 2.75) is 32.2 Å². The predicted octanol–water partition coefficient (Wildman–Crippen LogP) is 1.59. The smallest absolute Gasteiger partial charge is 0.207 e. The first-order valence-electron chi connectivity index (χ1n) is 6.60. The molecule has 9 heteroatoms. The lowest BCUT2D eigenvalue weighted by Gasteiger charge is -2.12. The second-order valence-electron chi connectivity index (χ2n) is 5.11. The van der Waals surface area contributed by atoms with E-state index in [9.17, 15) is 8.42 Å². The van der Waals surface area contributed by atoms with E-state index in [2.05, 4.69) is 20.0 Å². The van der Waals surface area contributed by atoms with Gasteiger partial charge in [-0.3, -0.25) is 0 Å². The van der Waals surface area contributed by atoms with Gasteiger partial charge in [0, 0.05) is 0 Å². The van der Waals surface area contributed by atoms with Gasteiger partial charge in [-0.2, -0.15) is 9.61 Å². The summed E-state index contributed by atoms with van der Waals surface area (Å²) < 4.78 is 29.2. The molecule has 0 aliphatic rings. The van der Waals surface area contributed by atoms with E-state index in [-0.39, 0.29) is 6.54 Å². The Labute approximate surface area is 132 Å². The van der Waals surface area contributed by atoms with E-state index in [1.165, 1.54) is 22.2 Å². The molecule has 0 bridgehead atoms. The average Bonchev–Trinajstić information content (AvgIpc) is 2.95. The molecule has 0 amide bonds. The van der Waals surface area contributed by atoms with Gasteiger partial charge in [-0.05, 0) is 31.9 Å². The predicted molar refractivity (Wildman–Crippen MR) is 83.3 cm³/mol. The van der Waals surface area contributed by atoms with Crippen LogP contribution >= 0.6 is 11.3 Å². The van der Waals surface area contributed by atoms with Gasteiger partial charge in [-0.25, -0.2) is 13.1 Å². The molecule has 0 fully saturated rings. The Morgan fingerprint density at radius 1 is 1.23 bits per heavy atom. The zero-order chi connectivity index (χ0) is 15.9. The highest BCUT2D eigenvalue weighted by molar-refractivity contribution is 7.89. The van der Waals surface area contributed by atoms with Crippen LogP contribution in [0.15, 0.2) is 23.4 Å². The molecule has 0 saturated carbocycles. The normalized spacial score (nSPS) is 12.1. The van der Waals surface area contributed by atoms with Gasteiger partial charge in [-0.15, -0.1) is 10.2 Å². The van der Waals surface area contributed by atoms with E-state index in [1.54, 1.807) is 13.8 Å². The van der Waals surface area contributed by atoms with Gasteiger partial charge in [0.15, 0.2) is 0 Å². The lowest BCUT2D eigenvalue weighted by atomic mass is 10.1. The van der Waals surface area contributed by atoms with Crippen LogP contribution in [0.4, 0.5) is 0 Å². The molecule has 0 unspecified atom stereocenters. The monoisotopic (exact) mass is 337 g/mol. The van der Waals surface area contributed by atoms with Crippen LogP contribution in [0.2, 0.25) is 0 Å². The molecule has 0 saturated heterocycles. The van der Waals surface area contributed by atoms with Crippen molar-refractivity contribution in [3.63, 3.8) is 0 Å². The van der Waals surface area contributed by atoms with Crippen molar-refractivity contribution in [3.8, 4) is 0 Å².